The second kappa shape index (κ2) is 8.95. The van der Waals surface area contributed by atoms with Gasteiger partial charge in [-0.05, 0) is 41.5 Å². The van der Waals surface area contributed by atoms with E-state index in [0.29, 0.717) is 6.54 Å². The molecule has 0 bridgehead atoms. The van der Waals surface area contributed by atoms with Gasteiger partial charge in [0.05, 0.1) is 16.9 Å². The first kappa shape index (κ1) is 22.3. The van der Waals surface area contributed by atoms with E-state index in [1.54, 1.807) is 7.11 Å². The van der Waals surface area contributed by atoms with Crippen molar-refractivity contribution in [3.8, 4) is 5.75 Å². The molecule has 170 valence electrons. The lowest BCUT2D eigenvalue weighted by molar-refractivity contribution is -0.384. The van der Waals surface area contributed by atoms with Gasteiger partial charge in [-0.2, -0.15) is 0 Å². The van der Waals surface area contributed by atoms with Crippen molar-refractivity contribution in [2.45, 2.75) is 10.8 Å². The number of nitro groups is 1. The summed E-state index contributed by atoms with van der Waals surface area (Å²) in [5, 5.41) is 15.9. The fourth-order valence-corrected chi connectivity index (χ4v) is 4.52. The molecule has 4 rings (SSSR count). The zero-order chi connectivity index (χ0) is 23.6. The van der Waals surface area contributed by atoms with Crippen LogP contribution in [0.1, 0.15) is 17.0 Å². The highest BCUT2D eigenvalue weighted by molar-refractivity contribution is 7.90. The van der Waals surface area contributed by atoms with Crippen molar-refractivity contribution in [3.63, 3.8) is 0 Å². The van der Waals surface area contributed by atoms with E-state index in [-0.39, 0.29) is 22.2 Å². The Labute approximate surface area is 191 Å². The molecule has 0 aliphatic carbocycles. The molecule has 1 atom stereocenters. The number of sulfone groups is 1. The number of hydrogen-bond donors (Lipinski definition) is 2. The lowest BCUT2D eigenvalue weighted by Crippen LogP contribution is -2.15. The number of nitrogens with zero attached hydrogens (tertiary/aromatic N) is 1. The van der Waals surface area contributed by atoms with E-state index >= 15 is 0 Å². The molecule has 8 nitrogen and oxygen atoms in total. The van der Waals surface area contributed by atoms with E-state index in [1.165, 1.54) is 12.1 Å². The minimum absolute atomic E-state index is 0.0944. The van der Waals surface area contributed by atoms with Crippen LogP contribution in [0.2, 0.25) is 0 Å². The van der Waals surface area contributed by atoms with Crippen LogP contribution in [0.5, 0.6) is 5.75 Å². The summed E-state index contributed by atoms with van der Waals surface area (Å²) in [5.41, 5.74) is 3.01. The monoisotopic (exact) mass is 465 g/mol. The lowest BCUT2D eigenvalue weighted by atomic mass is 9.90. The van der Waals surface area contributed by atoms with Crippen molar-refractivity contribution < 1.29 is 18.1 Å². The van der Waals surface area contributed by atoms with Crippen molar-refractivity contribution >= 4 is 32.1 Å². The molecule has 0 radical (unpaired) electrons. The molecule has 0 spiro atoms. The quantitative estimate of drug-likeness (QED) is 0.287. The van der Waals surface area contributed by atoms with Crippen molar-refractivity contribution in [1.29, 1.82) is 0 Å². The molecular formula is C24H23N3O5S. The van der Waals surface area contributed by atoms with Gasteiger partial charge < -0.3 is 15.0 Å². The minimum Gasteiger partial charge on any atom is -0.497 e. The first-order chi connectivity index (χ1) is 15.8. The van der Waals surface area contributed by atoms with Gasteiger partial charge >= 0.3 is 0 Å². The van der Waals surface area contributed by atoms with Crippen LogP contribution in [0, 0.1) is 10.1 Å². The largest absolute Gasteiger partial charge is 0.497 e. The predicted molar refractivity (Wildman–Crippen MR) is 128 cm³/mol. The zero-order valence-corrected chi connectivity index (χ0v) is 18.9. The van der Waals surface area contributed by atoms with E-state index in [2.05, 4.69) is 10.3 Å². The number of H-pyrrole nitrogens is 1. The molecule has 0 saturated carbocycles. The van der Waals surface area contributed by atoms with Gasteiger partial charge in [-0.25, -0.2) is 8.42 Å². The van der Waals surface area contributed by atoms with E-state index in [1.807, 2.05) is 54.7 Å². The molecule has 0 aliphatic heterocycles. The van der Waals surface area contributed by atoms with E-state index in [0.717, 1.165) is 40.1 Å². The van der Waals surface area contributed by atoms with Crippen LogP contribution in [-0.2, 0) is 9.84 Å². The molecule has 33 heavy (non-hydrogen) atoms. The Bertz CT molecular complexity index is 1410. The highest BCUT2D eigenvalue weighted by Gasteiger charge is 2.22. The van der Waals surface area contributed by atoms with Crippen LogP contribution in [0.25, 0.3) is 10.9 Å². The molecule has 0 amide bonds. The Morgan fingerprint density at radius 1 is 1.09 bits per heavy atom. The van der Waals surface area contributed by atoms with E-state index in [4.69, 9.17) is 4.74 Å². The second-order valence-corrected chi connectivity index (χ2v) is 9.72. The Balaban J connectivity index is 1.73. The van der Waals surface area contributed by atoms with E-state index in [9.17, 15) is 18.5 Å². The number of para-hydroxylation sites is 1. The van der Waals surface area contributed by atoms with Gasteiger partial charge in [0, 0.05) is 41.9 Å². The number of aromatic nitrogens is 1. The van der Waals surface area contributed by atoms with Crippen LogP contribution < -0.4 is 10.1 Å². The number of methoxy groups -OCH3 is 1. The number of nitrogens with one attached hydrogen (secondary N) is 2. The topological polar surface area (TPSA) is 114 Å². The highest BCUT2D eigenvalue weighted by Crippen LogP contribution is 2.34. The Morgan fingerprint density at radius 2 is 1.82 bits per heavy atom. The number of hydrogen-bond acceptors (Lipinski definition) is 6. The van der Waals surface area contributed by atoms with Crippen LogP contribution >= 0.6 is 0 Å². The lowest BCUT2D eigenvalue weighted by Gasteiger charge is -2.19. The molecule has 4 aromatic rings. The summed E-state index contributed by atoms with van der Waals surface area (Å²) >= 11 is 0. The summed E-state index contributed by atoms with van der Waals surface area (Å²) < 4.78 is 29.0. The van der Waals surface area contributed by atoms with Gasteiger partial charge in [0.25, 0.3) is 5.69 Å². The molecule has 1 aromatic heterocycles. The van der Waals surface area contributed by atoms with Crippen LogP contribution in [0.4, 0.5) is 11.4 Å². The van der Waals surface area contributed by atoms with Crippen LogP contribution in [0.15, 0.2) is 77.8 Å². The number of benzene rings is 3. The summed E-state index contributed by atoms with van der Waals surface area (Å²) in [4.78, 5) is 14.3. The molecule has 0 fully saturated rings. The van der Waals surface area contributed by atoms with Crippen molar-refractivity contribution in [2.75, 3.05) is 25.2 Å². The fourth-order valence-electron chi connectivity index (χ4n) is 3.88. The second-order valence-electron chi connectivity index (χ2n) is 7.70. The molecule has 0 aliphatic rings. The minimum atomic E-state index is -3.56. The number of nitro benzene ring substituents is 1. The maximum absolute atomic E-state index is 11.8. The number of ether oxygens (including phenoxy) is 1. The molecule has 3 aromatic carbocycles. The maximum atomic E-state index is 11.8. The molecule has 9 heteroatoms. The molecule has 1 heterocycles. The highest BCUT2D eigenvalue weighted by atomic mass is 32.2. The summed E-state index contributed by atoms with van der Waals surface area (Å²) in [7, 11) is -1.96. The van der Waals surface area contributed by atoms with Crippen molar-refractivity contribution in [2.24, 2.45) is 0 Å². The van der Waals surface area contributed by atoms with Gasteiger partial charge in [0.15, 0.2) is 9.84 Å². The molecule has 0 saturated heterocycles. The fraction of sp³-hybridized carbons (Fsp3) is 0.167. The third kappa shape index (κ3) is 4.68. The SMILES string of the molecule is COc1ccc(C(CNc2ccc(S(C)(=O)=O)cc2[N+](=O)[O-])c2c[nH]c3ccccc23)cc1. The average Bonchev–Trinajstić information content (AvgIpc) is 3.23. The van der Waals surface area contributed by atoms with Gasteiger partial charge in [0.2, 0.25) is 0 Å². The zero-order valence-electron chi connectivity index (χ0n) is 18.1. The summed E-state index contributed by atoms with van der Waals surface area (Å²) in [6, 6.07) is 19.5. The van der Waals surface area contributed by atoms with Gasteiger partial charge in [0.1, 0.15) is 11.4 Å². The molecule has 1 unspecified atom stereocenters. The number of fused-ring (bicyclic) bond motifs is 1. The normalized spacial score (nSPS) is 12.4. The van der Waals surface area contributed by atoms with Crippen LogP contribution in [-0.4, -0.2) is 38.2 Å². The molecule has 2 N–H and O–H groups in total. The van der Waals surface area contributed by atoms with Gasteiger partial charge in [-0.3, -0.25) is 10.1 Å². The third-order valence-electron chi connectivity index (χ3n) is 5.61. The van der Waals surface area contributed by atoms with Crippen molar-refractivity contribution in [1.82, 2.24) is 4.98 Å². The maximum Gasteiger partial charge on any atom is 0.293 e. The first-order valence-electron chi connectivity index (χ1n) is 10.2. The summed E-state index contributed by atoms with van der Waals surface area (Å²) in [6.07, 6.45) is 2.97. The number of aromatic amines is 1. The van der Waals surface area contributed by atoms with E-state index < -0.39 is 14.8 Å². The predicted octanol–water partition coefficient (Wildman–Crippen LogP) is 4.73. The number of anilines is 1. The Hall–Kier alpha value is -3.85. The Kier molecular flexibility index (Phi) is 6.06. The van der Waals surface area contributed by atoms with Crippen molar-refractivity contribution in [3.05, 3.63) is 94.2 Å². The summed E-state index contributed by atoms with van der Waals surface area (Å²) in [5.74, 6) is 0.595. The first-order valence-corrected chi connectivity index (χ1v) is 12.1. The van der Waals surface area contributed by atoms with Gasteiger partial charge in [-0.15, -0.1) is 0 Å². The standard InChI is InChI=1S/C24H23N3O5S/c1-32-17-9-7-16(8-10-17)20(21-15-25-22-6-4-3-5-19(21)22)14-26-23-12-11-18(33(2,30)31)13-24(23)27(28)29/h3-13,15,20,25-26H,14H2,1-2H3. The number of rotatable bonds is 8. The smallest absolute Gasteiger partial charge is 0.293 e. The third-order valence-corrected chi connectivity index (χ3v) is 6.72. The summed E-state index contributed by atoms with van der Waals surface area (Å²) in [6.45, 7) is 0.354. The van der Waals surface area contributed by atoms with Gasteiger partial charge in [-0.1, -0.05) is 30.3 Å². The van der Waals surface area contributed by atoms with Crippen LogP contribution in [0.3, 0.4) is 0 Å². The molecular weight excluding hydrogens is 442 g/mol. The Morgan fingerprint density at radius 3 is 2.48 bits per heavy atom. The average molecular weight is 466 g/mol.